The van der Waals surface area contributed by atoms with Gasteiger partial charge in [-0.2, -0.15) is 5.10 Å². The number of pyridine rings is 1. The first kappa shape index (κ1) is 23.7. The monoisotopic (exact) mass is 463 g/mol. The number of anilines is 1. The van der Waals surface area contributed by atoms with Gasteiger partial charge in [0.25, 0.3) is 5.91 Å². The van der Waals surface area contributed by atoms with E-state index in [1.54, 1.807) is 26.5 Å². The molecule has 0 bridgehead atoms. The molecular weight excluding hydrogens is 430 g/mol. The van der Waals surface area contributed by atoms with Gasteiger partial charge in [0.15, 0.2) is 5.69 Å². The van der Waals surface area contributed by atoms with Crippen molar-refractivity contribution in [2.24, 2.45) is 5.92 Å². The van der Waals surface area contributed by atoms with Crippen LogP contribution in [-0.2, 0) is 0 Å². The quantitative estimate of drug-likeness (QED) is 0.518. The molecule has 1 aliphatic rings. The molecule has 0 atom stereocenters. The maximum atomic E-state index is 13.1. The molecule has 3 amide bonds. The van der Waals surface area contributed by atoms with Gasteiger partial charge >= 0.3 is 6.03 Å². The van der Waals surface area contributed by atoms with E-state index < -0.39 is 0 Å². The minimum absolute atomic E-state index is 0.157. The normalized spacial score (nSPS) is 15.0. The van der Waals surface area contributed by atoms with Crippen molar-refractivity contribution in [2.45, 2.75) is 32.7 Å². The van der Waals surface area contributed by atoms with E-state index in [9.17, 15) is 9.59 Å². The molecule has 3 aromatic rings. The fraction of sp³-hybridized carbons (Fsp3) is 0.440. The molecule has 1 aliphatic heterocycles. The Hall–Kier alpha value is -3.46. The number of amides is 3. The summed E-state index contributed by atoms with van der Waals surface area (Å²) in [5, 5.41) is 14.0. The highest BCUT2D eigenvalue weighted by atomic mass is 16.2. The Labute approximate surface area is 199 Å². The summed E-state index contributed by atoms with van der Waals surface area (Å²) in [6, 6.07) is 7.59. The number of urea groups is 1. The van der Waals surface area contributed by atoms with Crippen LogP contribution in [0.2, 0.25) is 0 Å². The second-order valence-corrected chi connectivity index (χ2v) is 9.56. The Bertz CT molecular complexity index is 1160. The van der Waals surface area contributed by atoms with Crippen LogP contribution in [0.4, 0.5) is 10.5 Å². The van der Waals surface area contributed by atoms with E-state index >= 15 is 0 Å². The molecule has 34 heavy (non-hydrogen) atoms. The number of hydrogen-bond acceptors (Lipinski definition) is 5. The highest BCUT2D eigenvalue weighted by molar-refractivity contribution is 6.05. The first-order chi connectivity index (χ1) is 16.3. The van der Waals surface area contributed by atoms with Crippen molar-refractivity contribution in [3.05, 3.63) is 42.4 Å². The van der Waals surface area contributed by atoms with Gasteiger partial charge in [-0.05, 0) is 42.5 Å². The van der Waals surface area contributed by atoms with Gasteiger partial charge in [0.1, 0.15) is 0 Å². The average Bonchev–Trinajstić information content (AvgIpc) is 3.23. The number of piperidine rings is 1. The Morgan fingerprint density at radius 2 is 1.91 bits per heavy atom. The molecule has 4 rings (SSSR count). The molecular formula is C25H33N7O2. The number of rotatable bonds is 6. The van der Waals surface area contributed by atoms with Crippen LogP contribution in [0.3, 0.4) is 0 Å². The lowest BCUT2D eigenvalue weighted by Gasteiger charge is -2.33. The van der Waals surface area contributed by atoms with Crippen LogP contribution in [0.5, 0.6) is 0 Å². The van der Waals surface area contributed by atoms with Gasteiger partial charge < -0.3 is 20.4 Å². The van der Waals surface area contributed by atoms with Crippen molar-refractivity contribution in [3.63, 3.8) is 0 Å². The van der Waals surface area contributed by atoms with E-state index in [2.05, 4.69) is 44.6 Å². The summed E-state index contributed by atoms with van der Waals surface area (Å²) in [6.45, 7) is 7.57. The number of nitrogens with one attached hydrogen (secondary N) is 3. The number of aromatic nitrogens is 3. The summed E-state index contributed by atoms with van der Waals surface area (Å²) in [4.78, 5) is 33.2. The number of fused-ring (bicyclic) bond motifs is 1. The highest BCUT2D eigenvalue weighted by Crippen LogP contribution is 2.27. The zero-order valence-corrected chi connectivity index (χ0v) is 20.3. The molecule has 0 saturated carbocycles. The van der Waals surface area contributed by atoms with Gasteiger partial charge in [-0.3, -0.25) is 14.9 Å². The maximum absolute atomic E-state index is 13.1. The summed E-state index contributed by atoms with van der Waals surface area (Å²) in [5.41, 5.74) is 3.52. The van der Waals surface area contributed by atoms with Crippen LogP contribution in [0.1, 0.15) is 37.2 Å². The lowest BCUT2D eigenvalue weighted by molar-refractivity contribution is 0.0904. The molecule has 3 heterocycles. The van der Waals surface area contributed by atoms with Gasteiger partial charge in [-0.1, -0.05) is 19.9 Å². The Balaban J connectivity index is 1.49. The van der Waals surface area contributed by atoms with Crippen LogP contribution in [0, 0.1) is 5.92 Å². The van der Waals surface area contributed by atoms with Gasteiger partial charge in [0.05, 0.1) is 17.4 Å². The number of benzene rings is 1. The SMILES string of the molecule is CC(C)CN1CCC(NC(=O)c2n[nH]c3ccc(-c4cncc(NC(=O)N(C)C)c4)cc23)CC1. The predicted molar refractivity (Wildman–Crippen MR) is 134 cm³/mol. The Morgan fingerprint density at radius 1 is 1.15 bits per heavy atom. The Kier molecular flexibility index (Phi) is 7.12. The topological polar surface area (TPSA) is 106 Å². The molecule has 2 aromatic heterocycles. The number of carbonyl (C=O) groups excluding carboxylic acids is 2. The number of aromatic amines is 1. The average molecular weight is 464 g/mol. The molecule has 1 aromatic carbocycles. The fourth-order valence-electron chi connectivity index (χ4n) is 4.30. The summed E-state index contributed by atoms with van der Waals surface area (Å²) in [5.74, 6) is 0.492. The van der Waals surface area contributed by atoms with Crippen LogP contribution in [0.15, 0.2) is 36.7 Å². The predicted octanol–water partition coefficient (Wildman–Crippen LogP) is 3.57. The summed E-state index contributed by atoms with van der Waals surface area (Å²) >= 11 is 0. The smallest absolute Gasteiger partial charge is 0.321 e. The van der Waals surface area contributed by atoms with Crippen molar-refractivity contribution < 1.29 is 9.59 Å². The summed E-state index contributed by atoms with van der Waals surface area (Å²) in [7, 11) is 3.36. The van der Waals surface area contributed by atoms with E-state index in [-0.39, 0.29) is 18.0 Å². The highest BCUT2D eigenvalue weighted by Gasteiger charge is 2.23. The molecule has 0 aliphatic carbocycles. The molecule has 0 spiro atoms. The third kappa shape index (κ3) is 5.53. The number of hydrogen-bond donors (Lipinski definition) is 3. The van der Waals surface area contributed by atoms with E-state index in [0.29, 0.717) is 17.3 Å². The standard InChI is InChI=1S/C25H33N7O2/c1-16(2)15-32-9-7-19(8-10-32)27-24(33)23-21-12-17(5-6-22(21)29-30-23)18-11-20(14-26-13-18)28-25(34)31(3)4/h5-6,11-14,16,19H,7-10,15H2,1-4H3,(H,27,33)(H,28,34)(H,29,30). The lowest BCUT2D eigenvalue weighted by Crippen LogP contribution is -2.45. The second-order valence-electron chi connectivity index (χ2n) is 9.56. The largest absolute Gasteiger partial charge is 0.348 e. The van der Waals surface area contributed by atoms with Crippen LogP contribution in [0.25, 0.3) is 22.0 Å². The Morgan fingerprint density at radius 3 is 2.62 bits per heavy atom. The van der Waals surface area contributed by atoms with Crippen molar-refractivity contribution >= 4 is 28.5 Å². The van der Waals surface area contributed by atoms with Crippen molar-refractivity contribution in [2.75, 3.05) is 39.0 Å². The minimum atomic E-state index is -0.224. The number of likely N-dealkylation sites (tertiary alicyclic amines) is 1. The van der Waals surface area contributed by atoms with E-state index in [1.807, 2.05) is 24.3 Å². The summed E-state index contributed by atoms with van der Waals surface area (Å²) < 4.78 is 0. The van der Waals surface area contributed by atoms with Crippen molar-refractivity contribution in [1.82, 2.24) is 30.3 Å². The third-order valence-corrected chi connectivity index (χ3v) is 6.05. The minimum Gasteiger partial charge on any atom is -0.348 e. The fourth-order valence-corrected chi connectivity index (χ4v) is 4.30. The van der Waals surface area contributed by atoms with Crippen LogP contribution >= 0.6 is 0 Å². The van der Waals surface area contributed by atoms with Crippen LogP contribution in [-0.4, -0.2) is 76.7 Å². The summed E-state index contributed by atoms with van der Waals surface area (Å²) in [6.07, 6.45) is 5.23. The van der Waals surface area contributed by atoms with E-state index in [4.69, 9.17) is 0 Å². The zero-order chi connectivity index (χ0) is 24.2. The number of carbonyl (C=O) groups is 2. The zero-order valence-electron chi connectivity index (χ0n) is 20.3. The number of nitrogens with zero attached hydrogens (tertiary/aromatic N) is 4. The number of H-pyrrole nitrogens is 1. The van der Waals surface area contributed by atoms with E-state index in [1.165, 1.54) is 4.90 Å². The third-order valence-electron chi connectivity index (χ3n) is 6.05. The molecule has 1 saturated heterocycles. The molecule has 0 radical (unpaired) electrons. The maximum Gasteiger partial charge on any atom is 0.321 e. The molecule has 0 unspecified atom stereocenters. The lowest BCUT2D eigenvalue weighted by atomic mass is 10.0. The first-order valence-electron chi connectivity index (χ1n) is 11.7. The van der Waals surface area contributed by atoms with Crippen molar-refractivity contribution in [1.29, 1.82) is 0 Å². The van der Waals surface area contributed by atoms with Gasteiger partial charge in [0.2, 0.25) is 0 Å². The molecule has 3 N–H and O–H groups in total. The van der Waals surface area contributed by atoms with Crippen LogP contribution < -0.4 is 10.6 Å². The molecule has 9 heteroatoms. The first-order valence-corrected chi connectivity index (χ1v) is 11.7. The molecule has 180 valence electrons. The molecule has 1 fully saturated rings. The van der Waals surface area contributed by atoms with Gasteiger partial charge in [-0.15, -0.1) is 0 Å². The second kappa shape index (κ2) is 10.2. The molecule has 9 nitrogen and oxygen atoms in total. The van der Waals surface area contributed by atoms with Crippen molar-refractivity contribution in [3.8, 4) is 11.1 Å². The van der Waals surface area contributed by atoms with E-state index in [0.717, 1.165) is 54.5 Å². The van der Waals surface area contributed by atoms with Gasteiger partial charge in [0, 0.05) is 56.9 Å². The van der Waals surface area contributed by atoms with Gasteiger partial charge in [-0.25, -0.2) is 4.79 Å².